The molecule has 3 aromatic rings. The average Bonchev–Trinajstić information content (AvgIpc) is 3.16. The molecule has 136 valence electrons. The number of aromatic nitrogens is 2. The normalized spacial score (nSPS) is 17.0. The lowest BCUT2D eigenvalue weighted by atomic mass is 9.88. The van der Waals surface area contributed by atoms with Crippen LogP contribution in [0.5, 0.6) is 0 Å². The number of carbonyl (C=O) groups is 2. The van der Waals surface area contributed by atoms with Gasteiger partial charge in [0.25, 0.3) is 0 Å². The summed E-state index contributed by atoms with van der Waals surface area (Å²) in [5.74, 6) is -0.898. The van der Waals surface area contributed by atoms with Crippen molar-refractivity contribution in [2.24, 2.45) is 0 Å². The Balaban J connectivity index is 1.60. The number of halogens is 1. The second-order valence-corrected chi connectivity index (χ2v) is 6.99. The van der Waals surface area contributed by atoms with Crippen LogP contribution in [0.4, 0.5) is 0 Å². The molecule has 6 heteroatoms. The molecule has 2 aromatic carbocycles. The fourth-order valence-corrected chi connectivity index (χ4v) is 3.77. The molecule has 0 radical (unpaired) electrons. The summed E-state index contributed by atoms with van der Waals surface area (Å²) in [4.78, 5) is 23.6. The van der Waals surface area contributed by atoms with E-state index in [1.807, 2.05) is 59.4 Å². The van der Waals surface area contributed by atoms with Gasteiger partial charge < -0.3 is 0 Å². The minimum atomic E-state index is -0.394. The van der Waals surface area contributed by atoms with Crippen LogP contribution in [-0.2, 0) is 16.1 Å². The maximum atomic E-state index is 12.2. The predicted octanol–water partition coefficient (Wildman–Crippen LogP) is 3.77. The number of carbonyl (C=O) groups excluding carboxylic acids is 2. The Bertz CT molecular complexity index is 981. The molecule has 2 heterocycles. The first kappa shape index (κ1) is 17.5. The Morgan fingerprint density at radius 1 is 1.11 bits per heavy atom. The lowest BCUT2D eigenvalue weighted by Crippen LogP contribution is -2.39. The molecule has 1 aliphatic heterocycles. The first-order chi connectivity index (χ1) is 13.1. The van der Waals surface area contributed by atoms with Crippen LogP contribution in [-0.4, -0.2) is 21.6 Å². The van der Waals surface area contributed by atoms with E-state index >= 15 is 0 Å². The smallest absolute Gasteiger partial charge is 0.234 e. The molecule has 1 unspecified atom stereocenters. The minimum Gasteiger partial charge on any atom is -0.296 e. The molecule has 0 aliphatic carbocycles. The Labute approximate surface area is 162 Å². The summed E-state index contributed by atoms with van der Waals surface area (Å²) >= 11 is 6.65. The van der Waals surface area contributed by atoms with E-state index in [1.165, 1.54) is 0 Å². The van der Waals surface area contributed by atoms with Gasteiger partial charge in [-0.05, 0) is 29.2 Å². The van der Waals surface area contributed by atoms with Crippen LogP contribution in [0.2, 0.25) is 5.02 Å². The highest BCUT2D eigenvalue weighted by Gasteiger charge is 2.30. The third kappa shape index (κ3) is 3.64. The van der Waals surface area contributed by atoms with Crippen molar-refractivity contribution in [3.63, 3.8) is 0 Å². The van der Waals surface area contributed by atoms with Gasteiger partial charge in [0.2, 0.25) is 11.8 Å². The van der Waals surface area contributed by atoms with Gasteiger partial charge >= 0.3 is 0 Å². The SMILES string of the molecule is O=C1CCC(c2cccc(-c3ccc(Cn4cccn4)cc3)c2Cl)C(=O)N1. The molecular weight excluding hydrogens is 362 g/mol. The van der Waals surface area contributed by atoms with Gasteiger partial charge in [-0.15, -0.1) is 0 Å². The van der Waals surface area contributed by atoms with E-state index in [2.05, 4.69) is 10.4 Å². The van der Waals surface area contributed by atoms with Crippen LogP contribution in [0.3, 0.4) is 0 Å². The number of imide groups is 1. The number of nitrogens with zero attached hydrogens (tertiary/aromatic N) is 2. The highest BCUT2D eigenvalue weighted by Crippen LogP contribution is 2.37. The highest BCUT2D eigenvalue weighted by molar-refractivity contribution is 6.34. The second kappa shape index (κ2) is 7.37. The molecule has 0 bridgehead atoms. The quantitative estimate of drug-likeness (QED) is 0.702. The molecule has 5 nitrogen and oxygen atoms in total. The second-order valence-electron chi connectivity index (χ2n) is 6.61. The number of hydrogen-bond acceptors (Lipinski definition) is 3. The van der Waals surface area contributed by atoms with Crippen LogP contribution in [0.1, 0.15) is 29.9 Å². The van der Waals surface area contributed by atoms with Crippen molar-refractivity contribution < 1.29 is 9.59 Å². The standard InChI is InChI=1S/C21H18ClN3O2/c22-20-16(3-1-4-17(20)18-9-10-19(26)24-21(18)27)15-7-5-14(6-8-15)13-25-12-2-11-23-25/h1-8,11-12,18H,9-10,13H2,(H,24,26,27). The van der Waals surface area contributed by atoms with Crippen LogP contribution in [0.15, 0.2) is 60.9 Å². The molecule has 4 rings (SSSR count). The maximum absolute atomic E-state index is 12.2. The molecule has 0 saturated carbocycles. The van der Waals surface area contributed by atoms with Crippen molar-refractivity contribution in [2.75, 3.05) is 0 Å². The predicted molar refractivity (Wildman–Crippen MR) is 103 cm³/mol. The zero-order chi connectivity index (χ0) is 18.8. The van der Waals surface area contributed by atoms with Crippen LogP contribution < -0.4 is 5.32 Å². The highest BCUT2D eigenvalue weighted by atomic mass is 35.5. The van der Waals surface area contributed by atoms with Gasteiger partial charge in [0.15, 0.2) is 0 Å². The first-order valence-corrected chi connectivity index (χ1v) is 9.18. The Kier molecular flexibility index (Phi) is 4.77. The van der Waals surface area contributed by atoms with Crippen LogP contribution in [0.25, 0.3) is 11.1 Å². The maximum Gasteiger partial charge on any atom is 0.234 e. The molecule has 1 saturated heterocycles. The van der Waals surface area contributed by atoms with Gasteiger partial charge in [0.1, 0.15) is 0 Å². The van der Waals surface area contributed by atoms with Crippen molar-refractivity contribution in [3.8, 4) is 11.1 Å². The molecule has 27 heavy (non-hydrogen) atoms. The third-order valence-corrected chi connectivity index (χ3v) is 5.23. The monoisotopic (exact) mass is 379 g/mol. The molecule has 1 fully saturated rings. The van der Waals surface area contributed by atoms with E-state index in [9.17, 15) is 9.59 Å². The van der Waals surface area contributed by atoms with Gasteiger partial charge in [-0.25, -0.2) is 0 Å². The zero-order valence-electron chi connectivity index (χ0n) is 14.6. The van der Waals surface area contributed by atoms with E-state index in [1.54, 1.807) is 6.20 Å². The fourth-order valence-electron chi connectivity index (χ4n) is 3.40. The largest absolute Gasteiger partial charge is 0.296 e. The van der Waals surface area contributed by atoms with Crippen LogP contribution >= 0.6 is 11.6 Å². The summed E-state index contributed by atoms with van der Waals surface area (Å²) < 4.78 is 1.87. The number of hydrogen-bond donors (Lipinski definition) is 1. The summed E-state index contributed by atoms with van der Waals surface area (Å²) in [6, 6.07) is 15.7. The molecule has 1 atom stereocenters. The molecule has 0 spiro atoms. The summed E-state index contributed by atoms with van der Waals surface area (Å²) in [6.45, 7) is 0.706. The summed E-state index contributed by atoms with van der Waals surface area (Å²) in [7, 11) is 0. The summed E-state index contributed by atoms with van der Waals surface area (Å²) in [6.07, 6.45) is 4.50. The Hall–Kier alpha value is -2.92. The van der Waals surface area contributed by atoms with Crippen molar-refractivity contribution in [2.45, 2.75) is 25.3 Å². The van der Waals surface area contributed by atoms with E-state index in [4.69, 9.17) is 11.6 Å². The average molecular weight is 380 g/mol. The van der Waals surface area contributed by atoms with Gasteiger partial charge in [-0.1, -0.05) is 54.1 Å². The van der Waals surface area contributed by atoms with Crippen molar-refractivity contribution >= 4 is 23.4 Å². The lowest BCUT2D eigenvalue weighted by Gasteiger charge is -2.23. The van der Waals surface area contributed by atoms with Crippen molar-refractivity contribution in [1.29, 1.82) is 0 Å². The van der Waals surface area contributed by atoms with E-state index in [-0.39, 0.29) is 11.8 Å². The number of amides is 2. The molecule has 1 N–H and O–H groups in total. The number of nitrogens with one attached hydrogen (secondary N) is 1. The van der Waals surface area contributed by atoms with E-state index < -0.39 is 5.92 Å². The third-order valence-electron chi connectivity index (χ3n) is 4.81. The van der Waals surface area contributed by atoms with Crippen molar-refractivity contribution in [3.05, 3.63) is 77.1 Å². The number of rotatable bonds is 4. The summed E-state index contributed by atoms with van der Waals surface area (Å²) in [5.41, 5.74) is 3.77. The van der Waals surface area contributed by atoms with Gasteiger partial charge in [-0.3, -0.25) is 19.6 Å². The van der Waals surface area contributed by atoms with Gasteiger partial charge in [0.05, 0.1) is 17.5 Å². The van der Waals surface area contributed by atoms with Gasteiger partial charge in [-0.2, -0.15) is 5.10 Å². The van der Waals surface area contributed by atoms with E-state index in [0.29, 0.717) is 24.4 Å². The Morgan fingerprint density at radius 3 is 2.63 bits per heavy atom. The first-order valence-electron chi connectivity index (χ1n) is 8.80. The number of piperidine rings is 1. The van der Waals surface area contributed by atoms with Crippen molar-refractivity contribution in [1.82, 2.24) is 15.1 Å². The zero-order valence-corrected chi connectivity index (χ0v) is 15.3. The van der Waals surface area contributed by atoms with Crippen LogP contribution in [0, 0.1) is 0 Å². The molecule has 2 amide bonds. The number of benzene rings is 2. The molecule has 1 aliphatic rings. The molecular formula is C21H18ClN3O2. The lowest BCUT2D eigenvalue weighted by molar-refractivity contribution is -0.134. The Morgan fingerprint density at radius 2 is 1.93 bits per heavy atom. The molecule has 1 aromatic heterocycles. The topological polar surface area (TPSA) is 64.0 Å². The van der Waals surface area contributed by atoms with E-state index in [0.717, 1.165) is 22.3 Å². The van der Waals surface area contributed by atoms with Gasteiger partial charge in [0, 0.05) is 24.4 Å². The summed E-state index contributed by atoms with van der Waals surface area (Å²) in [5, 5.41) is 7.18. The fraction of sp³-hybridized carbons (Fsp3) is 0.190. The minimum absolute atomic E-state index is 0.226.